The van der Waals surface area contributed by atoms with Gasteiger partial charge in [0.1, 0.15) is 9.84 Å². The lowest BCUT2D eigenvalue weighted by Gasteiger charge is -2.08. The Labute approximate surface area is 106 Å². The molecule has 0 aromatic heterocycles. The van der Waals surface area contributed by atoms with Crippen molar-refractivity contribution in [2.24, 2.45) is 0 Å². The van der Waals surface area contributed by atoms with Gasteiger partial charge in [-0.1, -0.05) is 29.3 Å². The summed E-state index contributed by atoms with van der Waals surface area (Å²) in [5.41, 5.74) is 0.725. The van der Waals surface area contributed by atoms with Crippen LogP contribution in [0.5, 0.6) is 0 Å². The van der Waals surface area contributed by atoms with E-state index in [0.717, 1.165) is 5.69 Å². The molecule has 3 nitrogen and oxygen atoms in total. The van der Waals surface area contributed by atoms with Crippen LogP contribution in [-0.2, 0) is 9.84 Å². The molecule has 0 unspecified atom stereocenters. The van der Waals surface area contributed by atoms with E-state index in [1.54, 1.807) is 18.2 Å². The van der Waals surface area contributed by atoms with Crippen molar-refractivity contribution < 1.29 is 8.42 Å². The van der Waals surface area contributed by atoms with Gasteiger partial charge in [0.15, 0.2) is 0 Å². The maximum absolute atomic E-state index is 10.9. The maximum Gasteiger partial charge on any atom is 0.147 e. The molecule has 0 saturated carbocycles. The fourth-order valence-electron chi connectivity index (χ4n) is 1.20. The van der Waals surface area contributed by atoms with E-state index in [-0.39, 0.29) is 5.75 Å². The van der Waals surface area contributed by atoms with Crippen LogP contribution in [0.4, 0.5) is 5.69 Å². The first kappa shape index (κ1) is 13.6. The molecule has 0 aliphatic carbocycles. The van der Waals surface area contributed by atoms with E-state index < -0.39 is 9.84 Å². The van der Waals surface area contributed by atoms with Gasteiger partial charge in [-0.15, -0.1) is 0 Å². The summed E-state index contributed by atoms with van der Waals surface area (Å²) in [6.45, 7) is 0.549. The molecule has 0 radical (unpaired) electrons. The van der Waals surface area contributed by atoms with E-state index >= 15 is 0 Å². The Kier molecular flexibility index (Phi) is 4.89. The van der Waals surface area contributed by atoms with Gasteiger partial charge in [-0.25, -0.2) is 8.42 Å². The minimum atomic E-state index is -2.90. The molecule has 0 bridgehead atoms. The van der Waals surface area contributed by atoms with Crippen molar-refractivity contribution in [2.45, 2.75) is 6.42 Å². The Morgan fingerprint density at radius 3 is 2.62 bits per heavy atom. The van der Waals surface area contributed by atoms with Crippen LogP contribution in [0.2, 0.25) is 10.0 Å². The van der Waals surface area contributed by atoms with Crippen LogP contribution in [0.25, 0.3) is 0 Å². The van der Waals surface area contributed by atoms with Crippen LogP contribution in [-0.4, -0.2) is 27.0 Å². The van der Waals surface area contributed by atoms with E-state index in [0.29, 0.717) is 23.0 Å². The zero-order valence-corrected chi connectivity index (χ0v) is 11.2. The third-order valence-corrected chi connectivity index (χ3v) is 3.81. The summed E-state index contributed by atoms with van der Waals surface area (Å²) in [6.07, 6.45) is 1.76. The number of halogens is 2. The first-order chi connectivity index (χ1) is 7.40. The van der Waals surface area contributed by atoms with Gasteiger partial charge < -0.3 is 5.32 Å². The second kappa shape index (κ2) is 5.75. The molecule has 1 aromatic carbocycles. The smallest absolute Gasteiger partial charge is 0.147 e. The summed E-state index contributed by atoms with van der Waals surface area (Å²) in [7, 11) is -2.90. The maximum atomic E-state index is 10.9. The lowest BCUT2D eigenvalue weighted by molar-refractivity contribution is 0.600. The average molecular weight is 282 g/mol. The third-order valence-electron chi connectivity index (χ3n) is 1.96. The highest BCUT2D eigenvalue weighted by atomic mass is 35.5. The first-order valence-electron chi connectivity index (χ1n) is 4.76. The molecule has 1 aromatic rings. The van der Waals surface area contributed by atoms with Crippen molar-refractivity contribution in [3.63, 3.8) is 0 Å². The van der Waals surface area contributed by atoms with Gasteiger partial charge in [0, 0.05) is 12.8 Å². The molecule has 0 atom stereocenters. The number of anilines is 1. The second-order valence-electron chi connectivity index (χ2n) is 3.51. The molecule has 0 fully saturated rings. The van der Waals surface area contributed by atoms with E-state index in [1.165, 1.54) is 6.26 Å². The lowest BCUT2D eigenvalue weighted by atomic mass is 10.3. The van der Waals surface area contributed by atoms with Crippen molar-refractivity contribution in [2.75, 3.05) is 23.9 Å². The fourth-order valence-corrected chi connectivity index (χ4v) is 2.23. The summed E-state index contributed by atoms with van der Waals surface area (Å²) < 4.78 is 21.8. The zero-order valence-electron chi connectivity index (χ0n) is 8.83. The Balaban J connectivity index is 2.47. The Morgan fingerprint density at radius 2 is 2.00 bits per heavy atom. The van der Waals surface area contributed by atoms with Crippen LogP contribution < -0.4 is 5.32 Å². The van der Waals surface area contributed by atoms with Crippen LogP contribution in [0, 0.1) is 0 Å². The highest BCUT2D eigenvalue weighted by Gasteiger charge is 2.04. The molecule has 0 heterocycles. The summed E-state index contributed by atoms with van der Waals surface area (Å²) in [4.78, 5) is 0. The summed E-state index contributed by atoms with van der Waals surface area (Å²) >= 11 is 11.8. The van der Waals surface area contributed by atoms with Crippen molar-refractivity contribution in [3.8, 4) is 0 Å². The van der Waals surface area contributed by atoms with Gasteiger partial charge >= 0.3 is 0 Å². The van der Waals surface area contributed by atoms with Crippen molar-refractivity contribution in [3.05, 3.63) is 28.2 Å². The average Bonchev–Trinajstić information content (AvgIpc) is 2.17. The quantitative estimate of drug-likeness (QED) is 0.845. The molecule has 0 amide bonds. The molecule has 16 heavy (non-hydrogen) atoms. The Hall–Kier alpha value is -0.450. The predicted octanol–water partition coefficient (Wildman–Crippen LogP) is 2.84. The molecule has 0 aliphatic rings. The van der Waals surface area contributed by atoms with Crippen LogP contribution in [0.1, 0.15) is 6.42 Å². The van der Waals surface area contributed by atoms with E-state index in [1.807, 2.05) is 0 Å². The number of hydrogen-bond donors (Lipinski definition) is 1. The molecule has 1 rings (SSSR count). The first-order valence-corrected chi connectivity index (χ1v) is 7.57. The molecule has 0 saturated heterocycles. The number of nitrogens with one attached hydrogen (secondary N) is 1. The topological polar surface area (TPSA) is 46.2 Å². The van der Waals surface area contributed by atoms with Gasteiger partial charge in [0.25, 0.3) is 0 Å². The normalized spacial score (nSPS) is 11.4. The number of benzene rings is 1. The van der Waals surface area contributed by atoms with Crippen LogP contribution in [0.3, 0.4) is 0 Å². The lowest BCUT2D eigenvalue weighted by Crippen LogP contribution is -2.09. The standard InChI is InChI=1S/C10H13Cl2NO2S/c1-16(14,15)7-3-6-13-9-5-2-4-8(11)10(9)12/h2,4-5,13H,3,6-7H2,1H3. The van der Waals surface area contributed by atoms with Crippen molar-refractivity contribution in [1.29, 1.82) is 0 Å². The molecule has 0 spiro atoms. The number of rotatable bonds is 5. The molecular formula is C10H13Cl2NO2S. The van der Waals surface area contributed by atoms with Crippen LogP contribution in [0.15, 0.2) is 18.2 Å². The second-order valence-corrected chi connectivity index (χ2v) is 6.56. The summed E-state index contributed by atoms with van der Waals surface area (Å²) in [5, 5.41) is 3.99. The highest BCUT2D eigenvalue weighted by molar-refractivity contribution is 7.90. The van der Waals surface area contributed by atoms with E-state index in [9.17, 15) is 8.42 Å². The Bertz CT molecular complexity index is 460. The SMILES string of the molecule is CS(=O)(=O)CCCNc1cccc(Cl)c1Cl. The molecular weight excluding hydrogens is 269 g/mol. The largest absolute Gasteiger partial charge is 0.384 e. The van der Waals surface area contributed by atoms with Gasteiger partial charge in [-0.3, -0.25) is 0 Å². The summed E-state index contributed by atoms with van der Waals surface area (Å²) in [6, 6.07) is 5.29. The molecule has 6 heteroatoms. The van der Waals surface area contributed by atoms with Gasteiger partial charge in [-0.2, -0.15) is 0 Å². The van der Waals surface area contributed by atoms with Gasteiger partial charge in [-0.05, 0) is 18.6 Å². The highest BCUT2D eigenvalue weighted by Crippen LogP contribution is 2.29. The number of sulfone groups is 1. The summed E-state index contributed by atoms with van der Waals surface area (Å²) in [5.74, 6) is 0.165. The third kappa shape index (κ3) is 4.60. The monoisotopic (exact) mass is 281 g/mol. The van der Waals surface area contributed by atoms with Crippen molar-refractivity contribution >= 4 is 38.7 Å². The van der Waals surface area contributed by atoms with Crippen LogP contribution >= 0.6 is 23.2 Å². The zero-order chi connectivity index (χ0) is 12.2. The van der Waals surface area contributed by atoms with Gasteiger partial charge in [0.2, 0.25) is 0 Å². The molecule has 1 N–H and O–H groups in total. The molecule has 90 valence electrons. The van der Waals surface area contributed by atoms with Crippen molar-refractivity contribution in [1.82, 2.24) is 0 Å². The minimum absolute atomic E-state index is 0.165. The van der Waals surface area contributed by atoms with E-state index in [4.69, 9.17) is 23.2 Å². The predicted molar refractivity (Wildman–Crippen MR) is 69.3 cm³/mol. The minimum Gasteiger partial charge on any atom is -0.384 e. The van der Waals surface area contributed by atoms with E-state index in [2.05, 4.69) is 5.32 Å². The molecule has 0 aliphatic heterocycles. The number of hydrogen-bond acceptors (Lipinski definition) is 3. The fraction of sp³-hybridized carbons (Fsp3) is 0.400. The van der Waals surface area contributed by atoms with Gasteiger partial charge in [0.05, 0.1) is 21.5 Å². The Morgan fingerprint density at radius 1 is 1.31 bits per heavy atom.